The van der Waals surface area contributed by atoms with Gasteiger partial charge in [0.25, 0.3) is 0 Å². The summed E-state index contributed by atoms with van der Waals surface area (Å²) in [6, 6.07) is 11.7. The third kappa shape index (κ3) is 2.81. The van der Waals surface area contributed by atoms with Gasteiger partial charge >= 0.3 is 0 Å². The fourth-order valence-corrected chi connectivity index (χ4v) is 3.51. The number of hydrogen-bond acceptors (Lipinski definition) is 4. The van der Waals surface area contributed by atoms with E-state index in [1.165, 1.54) is 24.4 Å². The number of benzene rings is 1. The maximum absolute atomic E-state index is 14.7. The summed E-state index contributed by atoms with van der Waals surface area (Å²) in [5, 5.41) is 3.28. The second-order valence-electron chi connectivity index (χ2n) is 6.38. The first-order valence-electron chi connectivity index (χ1n) is 8.42. The molecule has 0 saturated carbocycles. The van der Waals surface area contributed by atoms with Crippen LogP contribution in [0.15, 0.2) is 70.7 Å². The molecule has 2 aromatic heterocycles. The van der Waals surface area contributed by atoms with E-state index in [4.69, 9.17) is 0 Å². The van der Waals surface area contributed by atoms with Gasteiger partial charge in [0.15, 0.2) is 0 Å². The standard InChI is InChI=1S/C20H16F2N4O/c1-12-20(13-5-7-14(21)8-6-13,15-9-10-23-11-16(15)22)26-19(24-12)17-3-2-4-18(27)25-17/h2-12H,1H3,(H,24,26)(H,25,27)/t12-,20+/m0/s1. The van der Waals surface area contributed by atoms with Crippen LogP contribution in [0, 0.1) is 11.6 Å². The lowest BCUT2D eigenvalue weighted by Crippen LogP contribution is -2.48. The fourth-order valence-electron chi connectivity index (χ4n) is 3.51. The first kappa shape index (κ1) is 17.1. The van der Waals surface area contributed by atoms with Crippen molar-refractivity contribution < 1.29 is 8.78 Å². The smallest absolute Gasteiger partial charge is 0.248 e. The molecule has 136 valence electrons. The second kappa shape index (κ2) is 6.42. The molecule has 1 aliphatic heterocycles. The van der Waals surface area contributed by atoms with Gasteiger partial charge in [-0.25, -0.2) is 8.78 Å². The van der Waals surface area contributed by atoms with E-state index in [0.29, 0.717) is 22.7 Å². The van der Waals surface area contributed by atoms with Crippen LogP contribution in [0.4, 0.5) is 8.78 Å². The summed E-state index contributed by atoms with van der Waals surface area (Å²) in [6.45, 7) is 1.84. The zero-order valence-corrected chi connectivity index (χ0v) is 14.4. The maximum Gasteiger partial charge on any atom is 0.248 e. The number of H-pyrrole nitrogens is 1. The van der Waals surface area contributed by atoms with E-state index in [9.17, 15) is 13.6 Å². The van der Waals surface area contributed by atoms with Gasteiger partial charge in [-0.05, 0) is 36.8 Å². The Morgan fingerprint density at radius 3 is 2.56 bits per heavy atom. The Labute approximate surface area is 153 Å². The van der Waals surface area contributed by atoms with Crippen molar-refractivity contribution in [2.24, 2.45) is 4.99 Å². The molecular formula is C20H16F2N4O. The minimum absolute atomic E-state index is 0.265. The number of rotatable bonds is 3. The van der Waals surface area contributed by atoms with Crippen molar-refractivity contribution >= 4 is 5.84 Å². The maximum atomic E-state index is 14.7. The molecular weight excluding hydrogens is 350 g/mol. The molecule has 1 aromatic carbocycles. The van der Waals surface area contributed by atoms with Crippen molar-refractivity contribution in [2.75, 3.05) is 0 Å². The lowest BCUT2D eigenvalue weighted by atomic mass is 9.78. The Balaban J connectivity index is 1.89. The third-order valence-corrected chi connectivity index (χ3v) is 4.79. The van der Waals surface area contributed by atoms with Crippen LogP contribution in [0.5, 0.6) is 0 Å². The first-order chi connectivity index (χ1) is 13.0. The number of halogens is 2. The van der Waals surface area contributed by atoms with Crippen LogP contribution < -0.4 is 10.9 Å². The number of aromatic nitrogens is 2. The van der Waals surface area contributed by atoms with Crippen LogP contribution in [-0.2, 0) is 5.54 Å². The van der Waals surface area contributed by atoms with Gasteiger partial charge < -0.3 is 10.3 Å². The molecule has 0 bridgehead atoms. The molecule has 5 nitrogen and oxygen atoms in total. The molecule has 4 rings (SSSR count). The summed E-state index contributed by atoms with van der Waals surface area (Å²) < 4.78 is 28.2. The van der Waals surface area contributed by atoms with E-state index in [1.807, 2.05) is 6.92 Å². The van der Waals surface area contributed by atoms with Crippen LogP contribution >= 0.6 is 0 Å². The Morgan fingerprint density at radius 1 is 1.07 bits per heavy atom. The largest absolute Gasteiger partial charge is 0.353 e. The number of amidine groups is 1. The molecule has 3 heterocycles. The van der Waals surface area contributed by atoms with Gasteiger partial charge in [-0.15, -0.1) is 0 Å². The summed E-state index contributed by atoms with van der Waals surface area (Å²) in [5.74, 6) is -0.455. The monoisotopic (exact) mass is 366 g/mol. The van der Waals surface area contributed by atoms with Crippen molar-refractivity contribution in [3.05, 3.63) is 99.7 Å². The predicted molar refractivity (Wildman–Crippen MR) is 97.6 cm³/mol. The highest BCUT2D eigenvalue weighted by molar-refractivity contribution is 5.99. The van der Waals surface area contributed by atoms with Crippen LogP contribution in [0.25, 0.3) is 0 Å². The number of hydrogen-bond donors (Lipinski definition) is 2. The molecule has 0 radical (unpaired) electrons. The molecule has 3 aromatic rings. The minimum Gasteiger partial charge on any atom is -0.353 e. The van der Waals surface area contributed by atoms with Crippen molar-refractivity contribution in [2.45, 2.75) is 18.5 Å². The molecule has 0 amide bonds. The van der Waals surface area contributed by atoms with Crippen molar-refractivity contribution in [1.29, 1.82) is 0 Å². The molecule has 0 spiro atoms. The number of nitrogens with zero attached hydrogens (tertiary/aromatic N) is 2. The fraction of sp³-hybridized carbons (Fsp3) is 0.150. The van der Waals surface area contributed by atoms with E-state index in [-0.39, 0.29) is 11.4 Å². The van der Waals surface area contributed by atoms with Crippen LogP contribution in [0.3, 0.4) is 0 Å². The van der Waals surface area contributed by atoms with Gasteiger partial charge in [0.05, 0.1) is 17.9 Å². The third-order valence-electron chi connectivity index (χ3n) is 4.79. The zero-order valence-electron chi connectivity index (χ0n) is 14.4. The van der Waals surface area contributed by atoms with Crippen molar-refractivity contribution in [3.8, 4) is 0 Å². The summed E-state index contributed by atoms with van der Waals surface area (Å²) in [4.78, 5) is 22.8. The highest BCUT2D eigenvalue weighted by Crippen LogP contribution is 2.39. The highest BCUT2D eigenvalue weighted by atomic mass is 19.1. The van der Waals surface area contributed by atoms with Crippen molar-refractivity contribution in [3.63, 3.8) is 0 Å². The molecule has 0 unspecified atom stereocenters. The molecule has 1 aliphatic rings. The van der Waals surface area contributed by atoms with Crippen LogP contribution in [0.1, 0.15) is 23.7 Å². The van der Waals surface area contributed by atoms with Gasteiger partial charge in [0, 0.05) is 17.8 Å². The predicted octanol–water partition coefficient (Wildman–Crippen LogP) is 2.73. The van der Waals surface area contributed by atoms with Crippen LogP contribution in [0.2, 0.25) is 0 Å². The van der Waals surface area contributed by atoms with E-state index >= 15 is 0 Å². The Hall–Kier alpha value is -3.35. The SMILES string of the molecule is C[C@@H]1N=C(c2cccc(=O)[nH]2)N[C@]1(c1ccc(F)cc1)c1ccncc1F. The minimum atomic E-state index is -1.07. The number of aromatic amines is 1. The normalized spacial score (nSPS) is 21.6. The summed E-state index contributed by atoms with van der Waals surface area (Å²) in [5.41, 5.74) is 0.155. The average molecular weight is 366 g/mol. The van der Waals surface area contributed by atoms with Crippen LogP contribution in [-0.4, -0.2) is 21.8 Å². The van der Waals surface area contributed by atoms with Gasteiger partial charge in [0.2, 0.25) is 5.56 Å². The quantitative estimate of drug-likeness (QED) is 0.749. The summed E-state index contributed by atoms with van der Waals surface area (Å²) in [6.07, 6.45) is 2.64. The highest BCUT2D eigenvalue weighted by Gasteiger charge is 2.47. The van der Waals surface area contributed by atoms with Gasteiger partial charge in [-0.3, -0.25) is 14.8 Å². The Morgan fingerprint density at radius 2 is 1.85 bits per heavy atom. The first-order valence-corrected chi connectivity index (χ1v) is 8.42. The van der Waals surface area contributed by atoms with Gasteiger partial charge in [-0.1, -0.05) is 18.2 Å². The van der Waals surface area contributed by atoms with E-state index < -0.39 is 17.4 Å². The van der Waals surface area contributed by atoms with E-state index in [1.54, 1.807) is 30.3 Å². The number of aliphatic imine (C=N–C) groups is 1. The molecule has 0 aliphatic carbocycles. The zero-order chi connectivity index (χ0) is 19.0. The Bertz CT molecular complexity index is 1080. The number of nitrogens with one attached hydrogen (secondary N) is 2. The topological polar surface area (TPSA) is 70.1 Å². The van der Waals surface area contributed by atoms with E-state index in [2.05, 4.69) is 20.3 Å². The summed E-state index contributed by atoms with van der Waals surface area (Å²) >= 11 is 0. The number of pyridine rings is 2. The lowest BCUT2D eigenvalue weighted by Gasteiger charge is -2.35. The van der Waals surface area contributed by atoms with E-state index in [0.717, 1.165) is 6.20 Å². The summed E-state index contributed by atoms with van der Waals surface area (Å²) in [7, 11) is 0. The second-order valence-corrected chi connectivity index (χ2v) is 6.38. The van der Waals surface area contributed by atoms with Gasteiger partial charge in [-0.2, -0.15) is 0 Å². The molecule has 2 N–H and O–H groups in total. The molecule has 7 heteroatoms. The average Bonchev–Trinajstić information content (AvgIpc) is 3.01. The Kier molecular flexibility index (Phi) is 4.07. The lowest BCUT2D eigenvalue weighted by molar-refractivity contribution is 0.410. The van der Waals surface area contributed by atoms with Crippen molar-refractivity contribution in [1.82, 2.24) is 15.3 Å². The molecule has 27 heavy (non-hydrogen) atoms. The van der Waals surface area contributed by atoms with Gasteiger partial charge in [0.1, 0.15) is 23.0 Å². The molecule has 0 fully saturated rings. The molecule has 2 atom stereocenters. The molecule has 0 saturated heterocycles.